The Hall–Kier alpha value is -3.04. The van der Waals surface area contributed by atoms with Crippen LogP contribution in [0.2, 0.25) is 0 Å². The van der Waals surface area contributed by atoms with Crippen LogP contribution in [0.5, 0.6) is 0 Å². The lowest BCUT2D eigenvalue weighted by molar-refractivity contribution is -0.130. The third kappa shape index (κ3) is 3.61. The number of hydrogen-bond acceptors (Lipinski definition) is 6. The summed E-state index contributed by atoms with van der Waals surface area (Å²) in [6.45, 7) is 1.60. The van der Waals surface area contributed by atoms with Crippen molar-refractivity contribution in [1.82, 2.24) is 10.3 Å². The fourth-order valence-electron chi connectivity index (χ4n) is 4.80. The van der Waals surface area contributed by atoms with Crippen molar-refractivity contribution in [2.45, 2.75) is 37.5 Å². The van der Waals surface area contributed by atoms with Gasteiger partial charge in [0.2, 0.25) is 0 Å². The highest BCUT2D eigenvalue weighted by Gasteiger charge is 2.41. The molecule has 0 spiro atoms. The Morgan fingerprint density at radius 1 is 1.25 bits per heavy atom. The minimum Gasteiger partial charge on any atom is -0.478 e. The van der Waals surface area contributed by atoms with Crippen LogP contribution in [-0.2, 0) is 11.2 Å². The summed E-state index contributed by atoms with van der Waals surface area (Å²) in [5.74, 6) is -2.75. The molecule has 168 valence electrons. The molecule has 2 unspecified atom stereocenters. The Kier molecular flexibility index (Phi) is 5.30. The van der Waals surface area contributed by atoms with Gasteiger partial charge in [0.1, 0.15) is 11.5 Å². The molecule has 3 aliphatic rings. The lowest BCUT2D eigenvalue weighted by Crippen LogP contribution is -2.53. The average Bonchev–Trinajstić information content (AvgIpc) is 3.60. The zero-order valence-electron chi connectivity index (χ0n) is 17.5. The van der Waals surface area contributed by atoms with E-state index in [0.29, 0.717) is 26.1 Å². The van der Waals surface area contributed by atoms with Gasteiger partial charge in [0.05, 0.1) is 17.4 Å². The molecular weight excluding hydrogens is 416 g/mol. The molecule has 1 aliphatic carbocycles. The van der Waals surface area contributed by atoms with Crippen LogP contribution in [0.15, 0.2) is 36.7 Å². The molecule has 32 heavy (non-hydrogen) atoms. The highest BCUT2D eigenvalue weighted by Crippen LogP contribution is 2.46. The molecule has 2 fully saturated rings. The summed E-state index contributed by atoms with van der Waals surface area (Å²) in [6.07, 6.45) is 6.28. The summed E-state index contributed by atoms with van der Waals surface area (Å²) in [6, 6.07) is 4.79. The first kappa shape index (κ1) is 20.8. The predicted octanol–water partition coefficient (Wildman–Crippen LogP) is 2.12. The number of anilines is 2. The van der Waals surface area contributed by atoms with Gasteiger partial charge in [-0.25, -0.2) is 13.6 Å². The van der Waals surface area contributed by atoms with Crippen LogP contribution >= 0.6 is 0 Å². The quantitative estimate of drug-likeness (QED) is 0.654. The van der Waals surface area contributed by atoms with Crippen molar-refractivity contribution in [3.8, 4) is 0 Å². The molecule has 2 aromatic rings. The molecule has 1 aromatic heterocycles. The van der Waals surface area contributed by atoms with E-state index in [1.165, 1.54) is 6.08 Å². The Labute approximate surface area is 184 Å². The molecule has 1 aromatic carbocycles. The monoisotopic (exact) mass is 441 g/mol. The predicted molar refractivity (Wildman–Crippen MR) is 117 cm³/mol. The second-order valence-electron chi connectivity index (χ2n) is 8.54. The molecule has 4 N–H and O–H groups in total. The van der Waals surface area contributed by atoms with Crippen LogP contribution in [0, 0.1) is 11.6 Å². The number of carboxylic acids is 1. The number of halogens is 2. The first-order valence-corrected chi connectivity index (χ1v) is 10.8. The van der Waals surface area contributed by atoms with E-state index in [-0.39, 0.29) is 34.6 Å². The molecule has 0 radical (unpaired) electrons. The van der Waals surface area contributed by atoms with Gasteiger partial charge in [-0.15, -0.1) is 0 Å². The Balaban J connectivity index is 1.60. The molecule has 0 amide bonds. The second kappa shape index (κ2) is 8.14. The molecule has 1 saturated heterocycles. The maximum absolute atomic E-state index is 16.1. The number of benzene rings is 1. The van der Waals surface area contributed by atoms with E-state index in [0.717, 1.165) is 24.5 Å². The van der Waals surface area contributed by atoms with Crippen LogP contribution in [0.4, 0.5) is 20.2 Å². The van der Waals surface area contributed by atoms with Crippen molar-refractivity contribution in [3.05, 3.63) is 59.4 Å². The van der Waals surface area contributed by atoms with E-state index in [2.05, 4.69) is 10.3 Å². The van der Waals surface area contributed by atoms with E-state index in [1.807, 2.05) is 12.1 Å². The summed E-state index contributed by atoms with van der Waals surface area (Å²) in [5, 5.41) is 12.9. The molecular formula is C23H25F2N5O2. The lowest BCUT2D eigenvalue weighted by atomic mass is 9.94. The van der Waals surface area contributed by atoms with E-state index in [4.69, 9.17) is 5.73 Å². The number of hydrogen-bond donors (Lipinski definition) is 3. The molecule has 7 nitrogen and oxygen atoms in total. The van der Waals surface area contributed by atoms with Crippen molar-refractivity contribution in [3.63, 3.8) is 0 Å². The van der Waals surface area contributed by atoms with E-state index >= 15 is 8.78 Å². The molecule has 9 heteroatoms. The molecule has 0 bridgehead atoms. The lowest BCUT2D eigenvalue weighted by Gasteiger charge is -2.41. The third-order valence-corrected chi connectivity index (χ3v) is 6.40. The number of nitrogens with zero attached hydrogens (tertiary/aromatic N) is 3. The van der Waals surface area contributed by atoms with Crippen LogP contribution in [0.3, 0.4) is 0 Å². The zero-order chi connectivity index (χ0) is 22.4. The molecule has 2 aliphatic heterocycles. The van der Waals surface area contributed by atoms with E-state index in [1.54, 1.807) is 22.2 Å². The maximum atomic E-state index is 16.1. The van der Waals surface area contributed by atoms with Gasteiger partial charge in [-0.05, 0) is 49.1 Å². The van der Waals surface area contributed by atoms with Gasteiger partial charge in [0, 0.05) is 49.7 Å². The van der Waals surface area contributed by atoms with Crippen molar-refractivity contribution < 1.29 is 18.7 Å². The van der Waals surface area contributed by atoms with Gasteiger partial charge in [-0.2, -0.15) is 0 Å². The van der Waals surface area contributed by atoms with Crippen LogP contribution in [0.25, 0.3) is 5.57 Å². The van der Waals surface area contributed by atoms with Gasteiger partial charge >= 0.3 is 5.97 Å². The number of piperazine rings is 1. The number of aromatic nitrogens is 1. The van der Waals surface area contributed by atoms with E-state index in [9.17, 15) is 9.90 Å². The smallest absolute Gasteiger partial charge is 0.336 e. The Morgan fingerprint density at radius 2 is 2.00 bits per heavy atom. The number of aliphatic carboxylic acids is 1. The van der Waals surface area contributed by atoms with Crippen molar-refractivity contribution in [2.24, 2.45) is 5.73 Å². The van der Waals surface area contributed by atoms with Crippen molar-refractivity contribution >= 4 is 22.9 Å². The number of nitrogens with two attached hydrogens (primary N) is 1. The topological polar surface area (TPSA) is 94.7 Å². The Morgan fingerprint density at radius 3 is 2.69 bits per heavy atom. The fraction of sp³-hybridized carbons (Fsp3) is 0.391. The number of carbonyl (C=O) groups is 1. The summed E-state index contributed by atoms with van der Waals surface area (Å²) < 4.78 is 31.6. The SMILES string of the molecule is NC1C=C(C(=O)O)c2cc(F)c(N3CCNCC3Cc3ccncc3)c(F)c2N1C1CC1. The highest BCUT2D eigenvalue weighted by atomic mass is 19.1. The average molecular weight is 441 g/mol. The van der Waals surface area contributed by atoms with Gasteiger partial charge in [0.25, 0.3) is 0 Å². The number of rotatable bonds is 5. The summed E-state index contributed by atoms with van der Waals surface area (Å²) in [4.78, 5) is 19.3. The number of carboxylic acid groups (broad SMARTS) is 1. The van der Waals surface area contributed by atoms with Crippen LogP contribution in [-0.4, -0.2) is 53.9 Å². The fourth-order valence-corrected chi connectivity index (χ4v) is 4.80. The van der Waals surface area contributed by atoms with Gasteiger partial charge in [-0.1, -0.05) is 0 Å². The molecule has 5 rings (SSSR count). The van der Waals surface area contributed by atoms with Crippen LogP contribution in [0.1, 0.15) is 24.0 Å². The third-order valence-electron chi connectivity index (χ3n) is 6.40. The minimum absolute atomic E-state index is 0.0267. The summed E-state index contributed by atoms with van der Waals surface area (Å²) in [5.41, 5.74) is 7.11. The standard InChI is InChI=1S/C23H25F2N5O2/c24-18-10-16-17(23(31)32)11-19(26)30(14-1-2-14)21(16)20(25)22(18)29-8-7-28-12-15(29)9-13-3-5-27-6-4-13/h3-6,10-11,14-15,19,28H,1-2,7-9,12,26H2,(H,31,32). The first-order chi connectivity index (χ1) is 15.5. The number of fused-ring (bicyclic) bond motifs is 1. The van der Waals surface area contributed by atoms with Gasteiger partial charge in [0.15, 0.2) is 5.82 Å². The molecule has 3 heterocycles. The first-order valence-electron chi connectivity index (χ1n) is 10.8. The zero-order valence-corrected chi connectivity index (χ0v) is 17.5. The van der Waals surface area contributed by atoms with Gasteiger partial charge in [-0.3, -0.25) is 4.98 Å². The van der Waals surface area contributed by atoms with Crippen LogP contribution < -0.4 is 20.9 Å². The van der Waals surface area contributed by atoms with Crippen molar-refractivity contribution in [1.29, 1.82) is 0 Å². The number of nitrogens with one attached hydrogen (secondary N) is 1. The van der Waals surface area contributed by atoms with E-state index < -0.39 is 23.8 Å². The Bertz CT molecular complexity index is 1070. The number of pyridine rings is 1. The second-order valence-corrected chi connectivity index (χ2v) is 8.54. The maximum Gasteiger partial charge on any atom is 0.336 e. The van der Waals surface area contributed by atoms with Crippen molar-refractivity contribution in [2.75, 3.05) is 29.4 Å². The van der Waals surface area contributed by atoms with Gasteiger partial charge < -0.3 is 26.0 Å². The largest absolute Gasteiger partial charge is 0.478 e. The normalized spacial score (nSPS) is 23.0. The summed E-state index contributed by atoms with van der Waals surface area (Å²) >= 11 is 0. The minimum atomic E-state index is -1.25. The molecule has 2 atom stereocenters. The molecule has 1 saturated carbocycles. The summed E-state index contributed by atoms with van der Waals surface area (Å²) in [7, 11) is 0. The highest BCUT2D eigenvalue weighted by molar-refractivity contribution is 6.18.